The molecule has 0 saturated carbocycles. The minimum Gasteiger partial charge on any atom is -0.352 e. The lowest BCUT2D eigenvalue weighted by molar-refractivity contribution is 0.0952. The molecule has 1 heterocycles. The first-order valence-electron chi connectivity index (χ1n) is 8.03. The zero-order valence-corrected chi connectivity index (χ0v) is 15.7. The molecule has 8 heteroatoms. The third-order valence-electron chi connectivity index (χ3n) is 4.19. The summed E-state index contributed by atoms with van der Waals surface area (Å²) in [5, 5.41) is 3.10. The Bertz CT molecular complexity index is 688. The molecule has 1 aliphatic rings. The molecular weight excluding hydrogens is 350 g/mol. The van der Waals surface area contributed by atoms with E-state index in [0.717, 1.165) is 36.6 Å². The number of carbonyl (C=O) groups is 1. The molecule has 0 unspecified atom stereocenters. The Hall–Kier alpha value is -1.31. The average Bonchev–Trinajstić information content (AvgIpc) is 3.03. The third-order valence-corrected chi connectivity index (χ3v) is 5.71. The van der Waals surface area contributed by atoms with E-state index < -0.39 is 10.0 Å². The number of hydrogen-bond acceptors (Lipinski definition) is 4. The predicted molar refractivity (Wildman–Crippen MR) is 97.3 cm³/mol. The van der Waals surface area contributed by atoms with Crippen LogP contribution < -0.4 is 9.62 Å². The van der Waals surface area contributed by atoms with Crippen molar-refractivity contribution in [3.8, 4) is 0 Å². The van der Waals surface area contributed by atoms with E-state index in [1.807, 2.05) is 0 Å². The number of rotatable bonds is 7. The quantitative estimate of drug-likeness (QED) is 0.742. The molecule has 2 rings (SSSR count). The van der Waals surface area contributed by atoms with Gasteiger partial charge in [0, 0.05) is 13.6 Å². The van der Waals surface area contributed by atoms with Crippen LogP contribution in [0.25, 0.3) is 0 Å². The van der Waals surface area contributed by atoms with Crippen LogP contribution in [-0.2, 0) is 10.0 Å². The predicted octanol–water partition coefficient (Wildman–Crippen LogP) is 1.95. The molecule has 0 radical (unpaired) electrons. The number of likely N-dealkylation sites (tertiary alicyclic amines) is 1. The van der Waals surface area contributed by atoms with Crippen molar-refractivity contribution in [2.75, 3.05) is 43.8 Å². The van der Waals surface area contributed by atoms with Crippen molar-refractivity contribution >= 4 is 33.2 Å². The van der Waals surface area contributed by atoms with E-state index in [1.165, 1.54) is 26.0 Å². The van der Waals surface area contributed by atoms with Crippen LogP contribution in [0.5, 0.6) is 0 Å². The van der Waals surface area contributed by atoms with Gasteiger partial charge < -0.3 is 10.2 Å². The molecule has 1 N–H and O–H groups in total. The number of nitrogens with one attached hydrogen (secondary N) is 1. The summed E-state index contributed by atoms with van der Waals surface area (Å²) in [4.78, 5) is 14.6. The monoisotopic (exact) mass is 373 g/mol. The van der Waals surface area contributed by atoms with Crippen molar-refractivity contribution in [2.24, 2.45) is 0 Å². The first-order valence-corrected chi connectivity index (χ1v) is 10.3. The van der Waals surface area contributed by atoms with Crippen LogP contribution in [0.1, 0.15) is 29.6 Å². The van der Waals surface area contributed by atoms with Gasteiger partial charge in [-0.1, -0.05) is 11.6 Å². The number of halogens is 1. The molecule has 1 amide bonds. The number of hydrogen-bond donors (Lipinski definition) is 1. The standard InChI is InChI=1S/C16H24ClN3O3S/c1-19(24(2,22)23)13-6-7-14(15(17)12-13)16(21)18-8-5-11-20-9-3-4-10-20/h6-7,12H,3-5,8-11H2,1-2H3,(H,18,21). The second-order valence-electron chi connectivity index (χ2n) is 6.05. The summed E-state index contributed by atoms with van der Waals surface area (Å²) >= 11 is 6.14. The number of sulfonamides is 1. The molecule has 1 fully saturated rings. The number of anilines is 1. The largest absolute Gasteiger partial charge is 0.352 e. The molecule has 0 bridgehead atoms. The third kappa shape index (κ3) is 5.09. The maximum atomic E-state index is 12.2. The average molecular weight is 374 g/mol. The van der Waals surface area contributed by atoms with Gasteiger partial charge in [-0.05, 0) is 57.1 Å². The molecule has 1 aromatic carbocycles. The van der Waals surface area contributed by atoms with Crippen LogP contribution in [0.4, 0.5) is 5.69 Å². The van der Waals surface area contributed by atoms with Gasteiger partial charge in [-0.25, -0.2) is 8.42 Å². The molecule has 134 valence electrons. The topological polar surface area (TPSA) is 69.7 Å². The molecule has 1 saturated heterocycles. The van der Waals surface area contributed by atoms with Crippen molar-refractivity contribution in [1.29, 1.82) is 0 Å². The van der Waals surface area contributed by atoms with Gasteiger partial charge in [-0.3, -0.25) is 9.10 Å². The molecule has 1 aliphatic heterocycles. The van der Waals surface area contributed by atoms with E-state index in [1.54, 1.807) is 12.1 Å². The van der Waals surface area contributed by atoms with Crippen LogP contribution >= 0.6 is 11.6 Å². The van der Waals surface area contributed by atoms with E-state index in [0.29, 0.717) is 17.8 Å². The highest BCUT2D eigenvalue weighted by molar-refractivity contribution is 7.92. The molecule has 0 aliphatic carbocycles. The summed E-state index contributed by atoms with van der Waals surface area (Å²) in [6, 6.07) is 4.61. The molecule has 0 atom stereocenters. The number of carbonyl (C=O) groups excluding carboxylic acids is 1. The lowest BCUT2D eigenvalue weighted by Gasteiger charge is -2.18. The van der Waals surface area contributed by atoms with E-state index in [4.69, 9.17) is 11.6 Å². The van der Waals surface area contributed by atoms with Gasteiger partial charge in [0.1, 0.15) is 0 Å². The Balaban J connectivity index is 1.89. The van der Waals surface area contributed by atoms with Gasteiger partial charge in [0.2, 0.25) is 10.0 Å². The summed E-state index contributed by atoms with van der Waals surface area (Å²) < 4.78 is 24.2. The van der Waals surface area contributed by atoms with Crippen molar-refractivity contribution in [3.05, 3.63) is 28.8 Å². The van der Waals surface area contributed by atoms with Crippen LogP contribution in [0, 0.1) is 0 Å². The van der Waals surface area contributed by atoms with E-state index >= 15 is 0 Å². The second-order valence-corrected chi connectivity index (χ2v) is 8.47. The van der Waals surface area contributed by atoms with E-state index in [2.05, 4.69) is 10.2 Å². The number of amides is 1. The van der Waals surface area contributed by atoms with Gasteiger partial charge >= 0.3 is 0 Å². The minimum atomic E-state index is -3.36. The van der Waals surface area contributed by atoms with Gasteiger partial charge in [0.25, 0.3) is 5.91 Å². The Morgan fingerprint density at radius 2 is 2.00 bits per heavy atom. The van der Waals surface area contributed by atoms with Crippen molar-refractivity contribution < 1.29 is 13.2 Å². The normalized spacial score (nSPS) is 15.5. The first kappa shape index (κ1) is 19.0. The molecular formula is C16H24ClN3O3S. The Kier molecular flexibility index (Phi) is 6.48. The van der Waals surface area contributed by atoms with Crippen LogP contribution in [0.2, 0.25) is 5.02 Å². The lowest BCUT2D eigenvalue weighted by Crippen LogP contribution is -2.29. The molecule has 0 aromatic heterocycles. The van der Waals surface area contributed by atoms with Crippen LogP contribution in [0.3, 0.4) is 0 Å². The van der Waals surface area contributed by atoms with Gasteiger partial charge in [0.05, 0.1) is 22.5 Å². The van der Waals surface area contributed by atoms with E-state index in [9.17, 15) is 13.2 Å². The van der Waals surface area contributed by atoms with Crippen LogP contribution in [-0.4, -0.2) is 58.7 Å². The van der Waals surface area contributed by atoms with E-state index in [-0.39, 0.29) is 10.9 Å². The maximum absolute atomic E-state index is 12.2. The van der Waals surface area contributed by atoms with Gasteiger partial charge in [-0.2, -0.15) is 0 Å². The Morgan fingerprint density at radius 3 is 2.58 bits per heavy atom. The molecule has 0 spiro atoms. The Morgan fingerprint density at radius 1 is 1.33 bits per heavy atom. The fourth-order valence-electron chi connectivity index (χ4n) is 2.68. The zero-order valence-electron chi connectivity index (χ0n) is 14.1. The summed E-state index contributed by atoms with van der Waals surface area (Å²) in [5.74, 6) is -0.241. The van der Waals surface area contributed by atoms with Crippen molar-refractivity contribution in [3.63, 3.8) is 0 Å². The molecule has 24 heavy (non-hydrogen) atoms. The van der Waals surface area contributed by atoms with Crippen molar-refractivity contribution in [1.82, 2.24) is 10.2 Å². The molecule has 1 aromatic rings. The van der Waals surface area contributed by atoms with Crippen molar-refractivity contribution in [2.45, 2.75) is 19.3 Å². The summed E-state index contributed by atoms with van der Waals surface area (Å²) in [5.41, 5.74) is 0.775. The fraction of sp³-hybridized carbons (Fsp3) is 0.562. The number of nitrogens with zero attached hydrogens (tertiary/aromatic N) is 2. The highest BCUT2D eigenvalue weighted by atomic mass is 35.5. The van der Waals surface area contributed by atoms with Gasteiger partial charge in [-0.15, -0.1) is 0 Å². The second kappa shape index (κ2) is 8.18. The highest BCUT2D eigenvalue weighted by Gasteiger charge is 2.16. The Labute approximate surface area is 148 Å². The highest BCUT2D eigenvalue weighted by Crippen LogP contribution is 2.24. The SMILES string of the molecule is CN(c1ccc(C(=O)NCCCN2CCCC2)c(Cl)c1)S(C)(=O)=O. The number of benzene rings is 1. The summed E-state index contributed by atoms with van der Waals surface area (Å²) in [6.07, 6.45) is 4.53. The maximum Gasteiger partial charge on any atom is 0.252 e. The van der Waals surface area contributed by atoms with Crippen LogP contribution in [0.15, 0.2) is 18.2 Å². The lowest BCUT2D eigenvalue weighted by atomic mass is 10.2. The minimum absolute atomic E-state index is 0.236. The fourth-order valence-corrected chi connectivity index (χ4v) is 3.44. The summed E-state index contributed by atoms with van der Waals surface area (Å²) in [6.45, 7) is 3.88. The first-order chi connectivity index (χ1) is 11.3. The van der Waals surface area contributed by atoms with Gasteiger partial charge in [0.15, 0.2) is 0 Å². The zero-order chi connectivity index (χ0) is 17.7. The molecule has 6 nitrogen and oxygen atoms in total. The smallest absolute Gasteiger partial charge is 0.252 e. The summed E-state index contributed by atoms with van der Waals surface area (Å²) in [7, 11) is -1.92.